The maximum absolute atomic E-state index is 11.1. The van der Waals surface area contributed by atoms with Crippen LogP contribution < -0.4 is 10.6 Å². The van der Waals surface area contributed by atoms with Gasteiger partial charge in [-0.3, -0.25) is 4.79 Å². The fourth-order valence-electron chi connectivity index (χ4n) is 2.26. The van der Waals surface area contributed by atoms with E-state index < -0.39 is 5.97 Å². The van der Waals surface area contributed by atoms with Crippen LogP contribution in [-0.2, 0) is 4.79 Å². The number of aliphatic hydroxyl groups excluding tert-OH is 2. The van der Waals surface area contributed by atoms with Gasteiger partial charge in [-0.25, -0.2) is 4.79 Å². The fourth-order valence-corrected chi connectivity index (χ4v) is 3.81. The van der Waals surface area contributed by atoms with Crippen molar-refractivity contribution in [1.82, 2.24) is 10.6 Å². The number of amides is 2. The lowest BCUT2D eigenvalue weighted by Gasteiger charge is -2.16. The largest absolute Gasteiger partial charge is 0.481 e. The van der Waals surface area contributed by atoms with Crippen LogP contribution >= 0.6 is 11.8 Å². The molecule has 2 amide bonds. The maximum atomic E-state index is 11.1. The monoisotopic (exact) mass is 306 g/mol. The molecular formula is C12H22N2O5S. The Morgan fingerprint density at radius 3 is 2.55 bits per heavy atom. The number of carboxylic acid groups (broad SMARTS) is 1. The summed E-state index contributed by atoms with van der Waals surface area (Å²) in [4.78, 5) is 21.5. The first-order valence-corrected chi connectivity index (χ1v) is 7.75. The van der Waals surface area contributed by atoms with Crippen LogP contribution in [0.4, 0.5) is 4.79 Å². The molecule has 116 valence electrons. The second-order valence-corrected chi connectivity index (χ2v) is 5.98. The van der Waals surface area contributed by atoms with Crippen LogP contribution in [0.15, 0.2) is 0 Å². The average molecular weight is 306 g/mol. The van der Waals surface area contributed by atoms with Crippen LogP contribution in [0, 0.1) is 0 Å². The number of fused-ring (bicyclic) bond motifs is 1. The second-order valence-electron chi connectivity index (χ2n) is 4.71. The van der Waals surface area contributed by atoms with Gasteiger partial charge in [0.15, 0.2) is 0 Å². The number of aliphatic hydroxyl groups is 2. The molecule has 2 saturated heterocycles. The van der Waals surface area contributed by atoms with Gasteiger partial charge in [0.05, 0.1) is 25.3 Å². The average Bonchev–Trinajstić information content (AvgIpc) is 2.94. The first kappa shape index (κ1) is 17.1. The van der Waals surface area contributed by atoms with Crippen LogP contribution in [0.5, 0.6) is 0 Å². The highest BCUT2D eigenvalue weighted by molar-refractivity contribution is 8.00. The van der Waals surface area contributed by atoms with Gasteiger partial charge in [0.2, 0.25) is 0 Å². The van der Waals surface area contributed by atoms with Crippen LogP contribution in [0.3, 0.4) is 0 Å². The molecule has 5 N–H and O–H groups in total. The molecule has 0 unspecified atom stereocenters. The zero-order valence-electron chi connectivity index (χ0n) is 11.2. The van der Waals surface area contributed by atoms with Gasteiger partial charge in [0.25, 0.3) is 0 Å². The predicted octanol–water partition coefficient (Wildman–Crippen LogP) is -0.232. The third kappa shape index (κ3) is 5.56. The molecule has 0 aromatic rings. The van der Waals surface area contributed by atoms with Crippen molar-refractivity contribution < 1.29 is 24.9 Å². The molecule has 0 saturated carbocycles. The van der Waals surface area contributed by atoms with Gasteiger partial charge in [-0.1, -0.05) is 6.42 Å². The lowest BCUT2D eigenvalue weighted by atomic mass is 10.0. The van der Waals surface area contributed by atoms with E-state index in [1.807, 2.05) is 11.8 Å². The van der Waals surface area contributed by atoms with Gasteiger partial charge in [0.1, 0.15) is 0 Å². The summed E-state index contributed by atoms with van der Waals surface area (Å²) in [5.41, 5.74) is 0. The van der Waals surface area contributed by atoms with E-state index in [9.17, 15) is 9.59 Å². The maximum Gasteiger partial charge on any atom is 0.315 e. The number of aliphatic carboxylic acids is 1. The normalized spacial score (nSPS) is 27.1. The molecule has 7 nitrogen and oxygen atoms in total. The molecule has 0 aromatic carbocycles. The lowest BCUT2D eigenvalue weighted by molar-refractivity contribution is -0.137. The van der Waals surface area contributed by atoms with E-state index in [0.717, 1.165) is 25.0 Å². The summed E-state index contributed by atoms with van der Waals surface area (Å²) in [5, 5.41) is 30.0. The van der Waals surface area contributed by atoms with E-state index in [-0.39, 0.29) is 37.7 Å². The quantitative estimate of drug-likeness (QED) is 0.341. The van der Waals surface area contributed by atoms with Crippen molar-refractivity contribution in [2.75, 3.05) is 19.0 Å². The van der Waals surface area contributed by atoms with E-state index in [0.29, 0.717) is 5.25 Å². The van der Waals surface area contributed by atoms with Gasteiger partial charge >= 0.3 is 12.0 Å². The Bertz CT molecular complexity index is 327. The number of carbonyl (C=O) groups excluding carboxylic acids is 1. The van der Waals surface area contributed by atoms with Crippen molar-refractivity contribution in [3.8, 4) is 0 Å². The summed E-state index contributed by atoms with van der Waals surface area (Å²) in [5.74, 6) is 0.236. The van der Waals surface area contributed by atoms with E-state index >= 15 is 0 Å². The molecule has 2 heterocycles. The summed E-state index contributed by atoms with van der Waals surface area (Å²) >= 11 is 1.87. The molecular weight excluding hydrogens is 284 g/mol. The first-order valence-electron chi connectivity index (χ1n) is 6.70. The fraction of sp³-hybridized carbons (Fsp3) is 0.833. The number of carboxylic acids is 1. The summed E-state index contributed by atoms with van der Waals surface area (Å²) < 4.78 is 0. The molecule has 2 aliphatic rings. The molecule has 0 aliphatic carbocycles. The van der Waals surface area contributed by atoms with E-state index in [4.69, 9.17) is 15.3 Å². The first-order chi connectivity index (χ1) is 9.58. The molecule has 8 heteroatoms. The minimum Gasteiger partial charge on any atom is -0.481 e. The van der Waals surface area contributed by atoms with Gasteiger partial charge < -0.3 is 26.0 Å². The third-order valence-electron chi connectivity index (χ3n) is 3.17. The molecule has 2 aliphatic heterocycles. The zero-order chi connectivity index (χ0) is 15.0. The Hall–Kier alpha value is -0.990. The van der Waals surface area contributed by atoms with E-state index in [1.54, 1.807) is 0 Å². The Morgan fingerprint density at radius 1 is 1.25 bits per heavy atom. The van der Waals surface area contributed by atoms with Gasteiger partial charge in [-0.2, -0.15) is 11.8 Å². The second kappa shape index (κ2) is 9.04. The van der Waals surface area contributed by atoms with Crippen molar-refractivity contribution in [3.63, 3.8) is 0 Å². The standard InChI is InChI=1S/C10H16N2O3S.C2H6O2/c13-8(14)4-2-1-3-7-9-6(5-16-7)11-10(15)12-9;3-1-2-4/h6-7,9H,1-5H2,(H,13,14)(H2,11,12,15);3-4H,1-2H2/t6-,7-,9-;/m0./s1. The van der Waals surface area contributed by atoms with Crippen molar-refractivity contribution in [2.24, 2.45) is 0 Å². The molecule has 2 rings (SSSR count). The zero-order valence-corrected chi connectivity index (χ0v) is 12.1. The van der Waals surface area contributed by atoms with Crippen LogP contribution in [0.25, 0.3) is 0 Å². The van der Waals surface area contributed by atoms with Gasteiger partial charge in [-0.15, -0.1) is 0 Å². The number of rotatable bonds is 6. The van der Waals surface area contributed by atoms with Crippen molar-refractivity contribution in [3.05, 3.63) is 0 Å². The smallest absolute Gasteiger partial charge is 0.315 e. The molecule has 20 heavy (non-hydrogen) atoms. The van der Waals surface area contributed by atoms with Crippen LogP contribution in [0.2, 0.25) is 0 Å². The third-order valence-corrected chi connectivity index (χ3v) is 4.68. The number of nitrogens with one attached hydrogen (secondary N) is 2. The minimum absolute atomic E-state index is 0.0640. The molecule has 0 radical (unpaired) electrons. The SMILES string of the molecule is O=C(O)CCCC[C@@H]1SC[C@@H]2NC(=O)N[C@@H]21.OCCO. The molecule has 2 fully saturated rings. The highest BCUT2D eigenvalue weighted by Gasteiger charge is 2.42. The lowest BCUT2D eigenvalue weighted by Crippen LogP contribution is -2.36. The summed E-state index contributed by atoms with van der Waals surface area (Å²) in [7, 11) is 0. The molecule has 3 atom stereocenters. The highest BCUT2D eigenvalue weighted by atomic mass is 32.2. The molecule has 0 bridgehead atoms. The number of unbranched alkanes of at least 4 members (excludes halogenated alkanes) is 1. The number of carbonyl (C=O) groups is 2. The van der Waals surface area contributed by atoms with Crippen molar-refractivity contribution >= 4 is 23.8 Å². The summed E-state index contributed by atoms with van der Waals surface area (Å²) in [6.45, 7) is -0.250. The Kier molecular flexibility index (Phi) is 7.71. The predicted molar refractivity (Wildman–Crippen MR) is 75.8 cm³/mol. The van der Waals surface area contributed by atoms with Crippen molar-refractivity contribution in [1.29, 1.82) is 0 Å². The van der Waals surface area contributed by atoms with Crippen LogP contribution in [0.1, 0.15) is 25.7 Å². The van der Waals surface area contributed by atoms with Gasteiger partial charge in [0, 0.05) is 17.4 Å². The summed E-state index contributed by atoms with van der Waals surface area (Å²) in [6, 6.07) is 0.440. The molecule has 0 aromatic heterocycles. The Balaban J connectivity index is 0.000000444. The minimum atomic E-state index is -0.729. The van der Waals surface area contributed by atoms with Crippen LogP contribution in [-0.4, -0.2) is 63.6 Å². The van der Waals surface area contributed by atoms with E-state index in [2.05, 4.69) is 10.6 Å². The number of hydrogen-bond acceptors (Lipinski definition) is 5. The Labute approximate surface area is 122 Å². The number of urea groups is 1. The molecule has 0 spiro atoms. The topological polar surface area (TPSA) is 119 Å². The van der Waals surface area contributed by atoms with E-state index in [1.165, 1.54) is 0 Å². The number of thioether (sulfide) groups is 1. The highest BCUT2D eigenvalue weighted by Crippen LogP contribution is 2.33. The van der Waals surface area contributed by atoms with Crippen molar-refractivity contribution in [2.45, 2.75) is 43.0 Å². The summed E-state index contributed by atoms with van der Waals surface area (Å²) in [6.07, 6.45) is 2.88. The Morgan fingerprint density at radius 2 is 1.95 bits per heavy atom. The van der Waals surface area contributed by atoms with Gasteiger partial charge in [-0.05, 0) is 12.8 Å². The number of hydrogen-bond donors (Lipinski definition) is 5.